The molecule has 2 aromatic carbocycles. The van der Waals surface area contributed by atoms with Crippen molar-refractivity contribution in [1.82, 2.24) is 10.3 Å². The van der Waals surface area contributed by atoms with E-state index in [4.69, 9.17) is 16.0 Å². The van der Waals surface area contributed by atoms with E-state index in [1.807, 2.05) is 30.3 Å². The molecule has 0 aliphatic carbocycles. The van der Waals surface area contributed by atoms with Gasteiger partial charge in [0.15, 0.2) is 0 Å². The maximum Gasteiger partial charge on any atom is 0.346 e. The fourth-order valence-electron chi connectivity index (χ4n) is 3.72. The number of nitrogens with zero attached hydrogens (tertiary/aromatic N) is 1. The van der Waals surface area contributed by atoms with Gasteiger partial charge in [0.05, 0.1) is 15.3 Å². The van der Waals surface area contributed by atoms with E-state index in [1.165, 1.54) is 16.9 Å². The van der Waals surface area contributed by atoms with Crippen LogP contribution in [0.1, 0.15) is 24.3 Å². The molecular formula is C21H17ClN2O2S. The lowest BCUT2D eigenvalue weighted by molar-refractivity contribution is 0.460. The van der Waals surface area contributed by atoms with Crippen LogP contribution in [0.2, 0.25) is 5.02 Å². The smallest absolute Gasteiger partial charge is 0.346 e. The molecule has 0 radical (unpaired) electrons. The summed E-state index contributed by atoms with van der Waals surface area (Å²) in [6, 6.07) is 13.7. The monoisotopic (exact) mass is 396 g/mol. The number of fused-ring (bicyclic) bond motifs is 2. The van der Waals surface area contributed by atoms with Crippen LogP contribution in [-0.2, 0) is 0 Å². The van der Waals surface area contributed by atoms with Crippen molar-refractivity contribution in [3.05, 3.63) is 63.5 Å². The zero-order valence-electron chi connectivity index (χ0n) is 14.5. The molecule has 4 nitrogen and oxygen atoms in total. The molecule has 1 saturated heterocycles. The topological polar surface area (TPSA) is 55.1 Å². The van der Waals surface area contributed by atoms with Gasteiger partial charge in [0.25, 0.3) is 0 Å². The second-order valence-electron chi connectivity index (χ2n) is 6.87. The van der Waals surface area contributed by atoms with Gasteiger partial charge in [-0.15, -0.1) is 11.3 Å². The van der Waals surface area contributed by atoms with Crippen LogP contribution in [0.25, 0.3) is 31.8 Å². The molecule has 1 aliphatic rings. The van der Waals surface area contributed by atoms with E-state index in [-0.39, 0.29) is 5.63 Å². The van der Waals surface area contributed by atoms with E-state index in [2.05, 4.69) is 16.4 Å². The van der Waals surface area contributed by atoms with Gasteiger partial charge in [0.1, 0.15) is 16.1 Å². The number of hydrogen-bond acceptors (Lipinski definition) is 5. The molecular weight excluding hydrogens is 380 g/mol. The summed E-state index contributed by atoms with van der Waals surface area (Å²) < 4.78 is 6.62. The Labute approximate surface area is 164 Å². The zero-order valence-corrected chi connectivity index (χ0v) is 16.1. The molecule has 3 heterocycles. The van der Waals surface area contributed by atoms with Gasteiger partial charge in [0.2, 0.25) is 0 Å². The quantitative estimate of drug-likeness (QED) is 0.474. The van der Waals surface area contributed by atoms with Crippen molar-refractivity contribution in [2.45, 2.75) is 18.8 Å². The first kappa shape index (κ1) is 16.9. The number of hydrogen-bond donors (Lipinski definition) is 1. The number of para-hydroxylation sites is 1. The van der Waals surface area contributed by atoms with Crippen LogP contribution in [0.4, 0.5) is 0 Å². The molecule has 6 heteroatoms. The number of halogens is 1. The van der Waals surface area contributed by atoms with Crippen molar-refractivity contribution >= 4 is 44.1 Å². The minimum Gasteiger partial charge on any atom is -0.422 e. The highest BCUT2D eigenvalue weighted by molar-refractivity contribution is 7.21. The van der Waals surface area contributed by atoms with Gasteiger partial charge < -0.3 is 9.73 Å². The number of nitrogens with one attached hydrogen (secondary N) is 1. The van der Waals surface area contributed by atoms with Crippen LogP contribution in [0.3, 0.4) is 0 Å². The third kappa shape index (κ3) is 3.06. The van der Waals surface area contributed by atoms with Gasteiger partial charge in [-0.25, -0.2) is 9.78 Å². The van der Waals surface area contributed by atoms with Gasteiger partial charge in [-0.2, -0.15) is 0 Å². The first-order chi connectivity index (χ1) is 13.2. The lowest BCUT2D eigenvalue weighted by Crippen LogP contribution is -2.26. The summed E-state index contributed by atoms with van der Waals surface area (Å²) in [6.45, 7) is 2.07. The Bertz CT molecular complexity index is 1210. The molecule has 27 heavy (non-hydrogen) atoms. The molecule has 136 valence electrons. The van der Waals surface area contributed by atoms with E-state index in [0.29, 0.717) is 27.1 Å². The Hall–Kier alpha value is -2.21. The summed E-state index contributed by atoms with van der Waals surface area (Å²) in [7, 11) is 0. The minimum absolute atomic E-state index is 0.361. The van der Waals surface area contributed by atoms with Gasteiger partial charge in [0, 0.05) is 5.39 Å². The molecule has 0 saturated carbocycles. The molecule has 1 aliphatic heterocycles. The molecule has 0 unspecified atom stereocenters. The Balaban J connectivity index is 1.60. The fourth-order valence-corrected chi connectivity index (χ4v) is 4.99. The molecule has 1 N–H and O–H groups in total. The number of thiazole rings is 1. The Morgan fingerprint density at radius 1 is 1.15 bits per heavy atom. The summed E-state index contributed by atoms with van der Waals surface area (Å²) >= 11 is 7.67. The second-order valence-corrected chi connectivity index (χ2v) is 8.31. The molecule has 0 spiro atoms. The standard InChI is InChI=1S/C21H17ClN2O2S/c22-16-2-1-3-18-19(16)24-20(27-18)15-10-14-5-4-13(11-17(14)26-21(15)25)12-6-8-23-9-7-12/h1-5,10-12,23H,6-9H2. The fraction of sp³-hybridized carbons (Fsp3) is 0.238. The van der Waals surface area contributed by atoms with Crippen LogP contribution in [0, 0.1) is 0 Å². The summed E-state index contributed by atoms with van der Waals surface area (Å²) in [6.07, 6.45) is 2.22. The third-order valence-electron chi connectivity index (χ3n) is 5.17. The third-order valence-corrected chi connectivity index (χ3v) is 6.53. The lowest BCUT2D eigenvalue weighted by Gasteiger charge is -2.23. The van der Waals surface area contributed by atoms with Gasteiger partial charge in [-0.05, 0) is 61.7 Å². The minimum atomic E-state index is -0.361. The van der Waals surface area contributed by atoms with Crippen LogP contribution in [-0.4, -0.2) is 18.1 Å². The van der Waals surface area contributed by atoms with Gasteiger partial charge in [-0.1, -0.05) is 29.8 Å². The van der Waals surface area contributed by atoms with Gasteiger partial charge >= 0.3 is 5.63 Å². The summed E-state index contributed by atoms with van der Waals surface area (Å²) in [5, 5.41) is 5.52. The maximum atomic E-state index is 12.6. The van der Waals surface area contributed by atoms with Crippen molar-refractivity contribution in [3.63, 3.8) is 0 Å². The number of piperidine rings is 1. The van der Waals surface area contributed by atoms with Crippen LogP contribution in [0.15, 0.2) is 51.7 Å². The second kappa shape index (κ2) is 6.75. The highest BCUT2D eigenvalue weighted by atomic mass is 35.5. The Morgan fingerprint density at radius 2 is 2.00 bits per heavy atom. The number of benzene rings is 2. The molecule has 1 fully saturated rings. The molecule has 5 rings (SSSR count). The van der Waals surface area contributed by atoms with Crippen molar-refractivity contribution in [2.24, 2.45) is 0 Å². The highest BCUT2D eigenvalue weighted by Crippen LogP contribution is 2.34. The molecule has 0 amide bonds. The first-order valence-corrected chi connectivity index (χ1v) is 10.2. The van der Waals surface area contributed by atoms with E-state index in [9.17, 15) is 4.79 Å². The van der Waals surface area contributed by atoms with Crippen LogP contribution >= 0.6 is 22.9 Å². The molecule has 0 atom stereocenters. The Kier molecular flexibility index (Phi) is 4.23. The predicted molar refractivity (Wildman–Crippen MR) is 111 cm³/mol. The van der Waals surface area contributed by atoms with Crippen LogP contribution < -0.4 is 10.9 Å². The Morgan fingerprint density at radius 3 is 2.81 bits per heavy atom. The average Bonchev–Trinajstić information content (AvgIpc) is 3.13. The average molecular weight is 397 g/mol. The van der Waals surface area contributed by atoms with E-state index in [1.54, 1.807) is 6.07 Å². The van der Waals surface area contributed by atoms with E-state index >= 15 is 0 Å². The maximum absolute atomic E-state index is 12.6. The number of rotatable bonds is 2. The lowest BCUT2D eigenvalue weighted by atomic mass is 9.90. The number of aromatic nitrogens is 1. The van der Waals surface area contributed by atoms with Crippen molar-refractivity contribution < 1.29 is 4.42 Å². The largest absolute Gasteiger partial charge is 0.422 e. The van der Waals surface area contributed by atoms with E-state index < -0.39 is 0 Å². The molecule has 2 aromatic heterocycles. The van der Waals surface area contributed by atoms with E-state index in [0.717, 1.165) is 41.5 Å². The normalized spacial score (nSPS) is 15.6. The van der Waals surface area contributed by atoms with Crippen molar-refractivity contribution in [3.8, 4) is 10.6 Å². The molecule has 0 bridgehead atoms. The van der Waals surface area contributed by atoms with Gasteiger partial charge in [-0.3, -0.25) is 0 Å². The van der Waals surface area contributed by atoms with Crippen molar-refractivity contribution in [2.75, 3.05) is 13.1 Å². The summed E-state index contributed by atoms with van der Waals surface area (Å²) in [5.41, 5.74) is 2.72. The highest BCUT2D eigenvalue weighted by Gasteiger charge is 2.18. The SMILES string of the molecule is O=c1oc2cc(C3CCNCC3)ccc2cc1-c1nc2c(Cl)cccc2s1. The van der Waals surface area contributed by atoms with Crippen LogP contribution in [0.5, 0.6) is 0 Å². The van der Waals surface area contributed by atoms with Crippen molar-refractivity contribution in [1.29, 1.82) is 0 Å². The predicted octanol–water partition coefficient (Wildman–Crippen LogP) is 5.19. The first-order valence-electron chi connectivity index (χ1n) is 9.03. The summed E-state index contributed by atoms with van der Waals surface area (Å²) in [4.78, 5) is 17.2. The zero-order chi connectivity index (χ0) is 18.4. The summed E-state index contributed by atoms with van der Waals surface area (Å²) in [5.74, 6) is 0.520. The molecule has 4 aromatic rings.